The minimum atomic E-state index is -0.246. The van der Waals surface area contributed by atoms with Crippen molar-refractivity contribution in [1.29, 1.82) is 0 Å². The number of benzene rings is 1. The fourth-order valence-corrected chi connectivity index (χ4v) is 3.44. The Morgan fingerprint density at radius 1 is 1.20 bits per heavy atom. The summed E-state index contributed by atoms with van der Waals surface area (Å²) in [7, 11) is 3.14. The topological polar surface area (TPSA) is 92.8 Å². The lowest BCUT2D eigenvalue weighted by Crippen LogP contribution is -2.38. The van der Waals surface area contributed by atoms with Gasteiger partial charge in [-0.05, 0) is 24.6 Å². The third-order valence-electron chi connectivity index (χ3n) is 4.25. The zero-order chi connectivity index (χ0) is 21.9. The van der Waals surface area contributed by atoms with E-state index in [0.717, 1.165) is 11.3 Å². The number of aromatic nitrogens is 1. The van der Waals surface area contributed by atoms with Crippen LogP contribution in [0.4, 0.5) is 10.8 Å². The Morgan fingerprint density at radius 3 is 2.70 bits per heavy atom. The molecule has 8 nitrogen and oxygen atoms in total. The molecule has 2 amide bonds. The molecule has 2 aromatic rings. The monoisotopic (exact) mass is 454 g/mol. The molecule has 0 aliphatic heterocycles. The maximum Gasteiger partial charge on any atom is 0.273 e. The molecule has 0 bridgehead atoms. The number of aryl methyl sites for hydroxylation is 1. The second kappa shape index (κ2) is 12.5. The SMILES string of the molecule is COCCNC(=O)CCN(CCOC)C(=O)c1csc(Nc2cc(Cl)ccc2C)n1. The average molecular weight is 455 g/mol. The van der Waals surface area contributed by atoms with Crippen molar-refractivity contribution in [3.8, 4) is 0 Å². The molecule has 0 spiro atoms. The summed E-state index contributed by atoms with van der Waals surface area (Å²) in [5.41, 5.74) is 2.17. The molecule has 0 saturated heterocycles. The normalized spacial score (nSPS) is 10.7. The van der Waals surface area contributed by atoms with Crippen LogP contribution in [0.5, 0.6) is 0 Å². The first-order valence-electron chi connectivity index (χ1n) is 9.47. The number of thiazole rings is 1. The number of hydrogen-bond donors (Lipinski definition) is 2. The number of carbonyl (C=O) groups excluding carboxylic acids is 2. The molecule has 10 heteroatoms. The fraction of sp³-hybridized carbons (Fsp3) is 0.450. The highest BCUT2D eigenvalue weighted by Crippen LogP contribution is 2.26. The van der Waals surface area contributed by atoms with E-state index < -0.39 is 0 Å². The summed E-state index contributed by atoms with van der Waals surface area (Å²) in [5.74, 6) is -0.386. The Bertz CT molecular complexity index is 846. The highest BCUT2D eigenvalue weighted by Gasteiger charge is 2.20. The Morgan fingerprint density at radius 2 is 1.97 bits per heavy atom. The van der Waals surface area contributed by atoms with Gasteiger partial charge in [0, 0.05) is 56.4 Å². The Hall–Kier alpha value is -2.20. The third kappa shape index (κ3) is 7.56. The maximum atomic E-state index is 12.9. The van der Waals surface area contributed by atoms with E-state index in [1.807, 2.05) is 25.1 Å². The highest BCUT2D eigenvalue weighted by atomic mass is 35.5. The molecule has 0 aliphatic carbocycles. The zero-order valence-electron chi connectivity index (χ0n) is 17.4. The van der Waals surface area contributed by atoms with E-state index in [9.17, 15) is 9.59 Å². The van der Waals surface area contributed by atoms with Crippen molar-refractivity contribution in [2.75, 3.05) is 52.4 Å². The largest absolute Gasteiger partial charge is 0.383 e. The quantitative estimate of drug-likeness (QED) is 0.479. The summed E-state index contributed by atoms with van der Waals surface area (Å²) in [6.07, 6.45) is 0.191. The van der Waals surface area contributed by atoms with Gasteiger partial charge >= 0.3 is 0 Å². The summed E-state index contributed by atoms with van der Waals surface area (Å²) in [5, 5.41) is 8.85. The minimum Gasteiger partial charge on any atom is -0.383 e. The van der Waals surface area contributed by atoms with E-state index in [0.29, 0.717) is 42.2 Å². The van der Waals surface area contributed by atoms with Crippen LogP contribution in [0.15, 0.2) is 23.6 Å². The van der Waals surface area contributed by atoms with Crippen molar-refractivity contribution in [3.63, 3.8) is 0 Å². The van der Waals surface area contributed by atoms with Crippen LogP contribution >= 0.6 is 22.9 Å². The van der Waals surface area contributed by atoms with E-state index in [1.165, 1.54) is 11.3 Å². The van der Waals surface area contributed by atoms with Gasteiger partial charge in [-0.1, -0.05) is 17.7 Å². The summed E-state index contributed by atoms with van der Waals surface area (Å²) in [4.78, 5) is 30.9. The van der Waals surface area contributed by atoms with Crippen molar-refractivity contribution >= 4 is 45.6 Å². The molecule has 0 aliphatic rings. The van der Waals surface area contributed by atoms with Crippen LogP contribution in [0, 0.1) is 6.92 Å². The summed E-state index contributed by atoms with van der Waals surface area (Å²) >= 11 is 7.39. The van der Waals surface area contributed by atoms with Gasteiger partial charge in [-0.25, -0.2) is 4.98 Å². The third-order valence-corrected chi connectivity index (χ3v) is 5.25. The fourth-order valence-electron chi connectivity index (χ4n) is 2.57. The van der Waals surface area contributed by atoms with Gasteiger partial charge in [0.1, 0.15) is 5.69 Å². The number of nitrogens with one attached hydrogen (secondary N) is 2. The van der Waals surface area contributed by atoms with Gasteiger partial charge in [0.15, 0.2) is 5.13 Å². The Labute approximate surface area is 185 Å². The molecule has 1 aromatic heterocycles. The molecule has 2 N–H and O–H groups in total. The van der Waals surface area contributed by atoms with Gasteiger partial charge in [-0.2, -0.15) is 0 Å². The van der Waals surface area contributed by atoms with E-state index in [1.54, 1.807) is 24.5 Å². The molecule has 2 rings (SSSR count). The smallest absolute Gasteiger partial charge is 0.273 e. The number of ether oxygens (including phenoxy) is 2. The lowest BCUT2D eigenvalue weighted by Gasteiger charge is -2.21. The van der Waals surface area contributed by atoms with Gasteiger partial charge in [0.2, 0.25) is 5.91 Å². The van der Waals surface area contributed by atoms with Gasteiger partial charge < -0.3 is 25.0 Å². The van der Waals surface area contributed by atoms with E-state index in [4.69, 9.17) is 21.1 Å². The number of amides is 2. The van der Waals surface area contributed by atoms with Gasteiger partial charge in [0.05, 0.1) is 13.2 Å². The Kier molecular flexibility index (Phi) is 10.0. The minimum absolute atomic E-state index is 0.140. The number of methoxy groups -OCH3 is 2. The summed E-state index contributed by atoms with van der Waals surface area (Å²) in [6, 6.07) is 5.54. The van der Waals surface area contributed by atoms with Gasteiger partial charge in [-0.3, -0.25) is 9.59 Å². The van der Waals surface area contributed by atoms with Crippen molar-refractivity contribution < 1.29 is 19.1 Å². The van der Waals surface area contributed by atoms with Crippen LogP contribution in [-0.2, 0) is 14.3 Å². The molecule has 0 radical (unpaired) electrons. The molecular formula is C20H27ClN4O4S. The number of carbonyl (C=O) groups is 2. The van der Waals surface area contributed by atoms with Crippen molar-refractivity contribution in [3.05, 3.63) is 39.9 Å². The number of halogens is 1. The molecule has 0 fully saturated rings. The first-order chi connectivity index (χ1) is 14.4. The van der Waals surface area contributed by atoms with E-state index in [2.05, 4.69) is 15.6 Å². The van der Waals surface area contributed by atoms with Crippen LogP contribution in [0.3, 0.4) is 0 Å². The molecule has 0 saturated carbocycles. The average Bonchev–Trinajstić information content (AvgIpc) is 3.19. The molecular weight excluding hydrogens is 428 g/mol. The molecule has 164 valence electrons. The van der Waals surface area contributed by atoms with Crippen LogP contribution in [0.2, 0.25) is 5.02 Å². The molecule has 30 heavy (non-hydrogen) atoms. The van der Waals surface area contributed by atoms with Crippen molar-refractivity contribution in [2.24, 2.45) is 0 Å². The number of hydrogen-bond acceptors (Lipinski definition) is 7. The zero-order valence-corrected chi connectivity index (χ0v) is 18.9. The lowest BCUT2D eigenvalue weighted by atomic mass is 10.2. The number of rotatable bonds is 12. The standard InChI is InChI=1S/C20H27ClN4O4S/c1-14-4-5-15(21)12-16(14)23-20-24-17(13-30-20)19(27)25(9-11-29-3)8-6-18(26)22-7-10-28-2/h4-5,12-13H,6-11H2,1-3H3,(H,22,26)(H,23,24). The molecule has 0 atom stereocenters. The number of anilines is 2. The molecule has 1 aromatic carbocycles. The van der Waals surface area contributed by atoms with Crippen molar-refractivity contribution in [2.45, 2.75) is 13.3 Å². The predicted molar refractivity (Wildman–Crippen MR) is 119 cm³/mol. The summed E-state index contributed by atoms with van der Waals surface area (Å²) in [6.45, 7) is 3.85. The highest BCUT2D eigenvalue weighted by molar-refractivity contribution is 7.14. The second-order valence-electron chi connectivity index (χ2n) is 6.50. The van der Waals surface area contributed by atoms with E-state index >= 15 is 0 Å². The maximum absolute atomic E-state index is 12.9. The van der Waals surface area contributed by atoms with E-state index in [-0.39, 0.29) is 24.8 Å². The van der Waals surface area contributed by atoms with Gasteiger partial charge in [-0.15, -0.1) is 11.3 Å². The van der Waals surface area contributed by atoms with Crippen molar-refractivity contribution in [1.82, 2.24) is 15.2 Å². The van der Waals surface area contributed by atoms with Crippen LogP contribution in [0.1, 0.15) is 22.5 Å². The molecule has 1 heterocycles. The van der Waals surface area contributed by atoms with Crippen LogP contribution in [-0.4, -0.2) is 68.8 Å². The van der Waals surface area contributed by atoms with Crippen LogP contribution in [0.25, 0.3) is 0 Å². The lowest BCUT2D eigenvalue weighted by molar-refractivity contribution is -0.121. The molecule has 0 unspecified atom stereocenters. The summed E-state index contributed by atoms with van der Waals surface area (Å²) < 4.78 is 10.0. The first-order valence-corrected chi connectivity index (χ1v) is 10.7. The Balaban J connectivity index is 2.01. The first kappa shape index (κ1) is 24.1. The van der Waals surface area contributed by atoms with Gasteiger partial charge in [0.25, 0.3) is 5.91 Å². The number of nitrogens with zero attached hydrogens (tertiary/aromatic N) is 2. The predicted octanol–water partition coefficient (Wildman–Crippen LogP) is 3.09. The second-order valence-corrected chi connectivity index (χ2v) is 7.79. The van der Waals surface area contributed by atoms with Crippen LogP contribution < -0.4 is 10.6 Å².